The number of nitrogens with zero attached hydrogens (tertiary/aromatic N) is 1. The van der Waals surface area contributed by atoms with Crippen molar-refractivity contribution in [3.63, 3.8) is 0 Å². The summed E-state index contributed by atoms with van der Waals surface area (Å²) in [5, 5.41) is 5.65. The van der Waals surface area contributed by atoms with Crippen LogP contribution in [0.2, 0.25) is 0 Å². The van der Waals surface area contributed by atoms with Crippen LogP contribution < -0.4 is 5.32 Å². The molecule has 1 fully saturated rings. The number of nitrogens with one attached hydrogen (secondary N) is 1. The molecule has 1 aliphatic rings. The number of hydrogen-bond acceptors (Lipinski definition) is 3. The topological polar surface area (TPSA) is 75.6 Å². The molecule has 0 bridgehead atoms. The Balaban J connectivity index is 2.92. The molecule has 0 radical (unpaired) electrons. The van der Waals surface area contributed by atoms with Gasteiger partial charge in [-0.2, -0.15) is 0 Å². The Morgan fingerprint density at radius 3 is 2.25 bits per heavy atom. The Hall–Kier alpha value is -1.26. The summed E-state index contributed by atoms with van der Waals surface area (Å²) in [5.41, 5.74) is -1.40. The summed E-state index contributed by atoms with van der Waals surface area (Å²) < 4.78 is 0. The third kappa shape index (κ3) is 2.63. The third-order valence-electron chi connectivity index (χ3n) is 5.43. The molecule has 1 aliphatic carbocycles. The molecule has 5 heteroatoms. The number of carbonyl (C=O) groups is 2. The lowest BCUT2D eigenvalue weighted by atomic mass is 9.65. The maximum atomic E-state index is 12.5. The summed E-state index contributed by atoms with van der Waals surface area (Å²) >= 11 is 0. The SMILES string of the molecule is CCC(CC)NC(=O)C1CCC(C)(C(=O)N=O)C1(C)C. The van der Waals surface area contributed by atoms with Crippen molar-refractivity contribution >= 4 is 11.8 Å². The molecule has 2 atom stereocenters. The Morgan fingerprint density at radius 1 is 1.25 bits per heavy atom. The highest BCUT2D eigenvalue weighted by atomic mass is 16.3. The van der Waals surface area contributed by atoms with E-state index in [1.807, 2.05) is 27.7 Å². The Morgan fingerprint density at radius 2 is 1.80 bits per heavy atom. The minimum Gasteiger partial charge on any atom is -0.353 e. The fourth-order valence-electron chi connectivity index (χ4n) is 3.24. The first-order chi connectivity index (χ1) is 9.24. The van der Waals surface area contributed by atoms with Crippen molar-refractivity contribution in [1.29, 1.82) is 0 Å². The Bertz CT molecular complexity index is 402. The van der Waals surface area contributed by atoms with E-state index < -0.39 is 16.7 Å². The monoisotopic (exact) mass is 282 g/mol. The van der Waals surface area contributed by atoms with Crippen LogP contribution in [0.4, 0.5) is 0 Å². The molecule has 0 aromatic carbocycles. The average Bonchev–Trinajstić information content (AvgIpc) is 2.66. The Labute approximate surface area is 120 Å². The van der Waals surface area contributed by atoms with Gasteiger partial charge >= 0.3 is 0 Å². The van der Waals surface area contributed by atoms with E-state index in [0.717, 1.165) is 12.8 Å². The quantitative estimate of drug-likeness (QED) is 0.787. The first-order valence-corrected chi connectivity index (χ1v) is 7.42. The minimum absolute atomic E-state index is 0.00822. The highest BCUT2D eigenvalue weighted by molar-refractivity contribution is 5.87. The van der Waals surface area contributed by atoms with Crippen LogP contribution in [-0.2, 0) is 9.59 Å². The van der Waals surface area contributed by atoms with Crippen LogP contribution in [0.5, 0.6) is 0 Å². The summed E-state index contributed by atoms with van der Waals surface area (Å²) in [6.07, 6.45) is 2.94. The maximum absolute atomic E-state index is 12.5. The maximum Gasteiger partial charge on any atom is 0.292 e. The van der Waals surface area contributed by atoms with Crippen LogP contribution in [0.15, 0.2) is 5.18 Å². The molecule has 0 aromatic rings. The lowest BCUT2D eigenvalue weighted by Crippen LogP contribution is -2.47. The van der Waals surface area contributed by atoms with E-state index in [0.29, 0.717) is 12.8 Å². The van der Waals surface area contributed by atoms with Gasteiger partial charge in [0, 0.05) is 17.1 Å². The molecule has 114 valence electrons. The van der Waals surface area contributed by atoms with Gasteiger partial charge in [0.1, 0.15) is 0 Å². The zero-order valence-corrected chi connectivity index (χ0v) is 13.2. The van der Waals surface area contributed by atoms with Crippen molar-refractivity contribution in [1.82, 2.24) is 5.32 Å². The van der Waals surface area contributed by atoms with Gasteiger partial charge in [-0.3, -0.25) is 9.59 Å². The van der Waals surface area contributed by atoms with E-state index in [9.17, 15) is 14.5 Å². The smallest absolute Gasteiger partial charge is 0.292 e. The second-order valence-electron chi connectivity index (χ2n) is 6.56. The molecule has 1 N–H and O–H groups in total. The number of nitroso groups, excluding NO2 is 1. The lowest BCUT2D eigenvalue weighted by Gasteiger charge is -2.38. The van der Waals surface area contributed by atoms with Crippen LogP contribution >= 0.6 is 0 Å². The van der Waals surface area contributed by atoms with Gasteiger partial charge < -0.3 is 5.32 Å². The number of rotatable bonds is 5. The van der Waals surface area contributed by atoms with Crippen molar-refractivity contribution in [2.24, 2.45) is 21.9 Å². The number of hydrogen-bond donors (Lipinski definition) is 1. The van der Waals surface area contributed by atoms with Crippen molar-refractivity contribution in [3.8, 4) is 0 Å². The first-order valence-electron chi connectivity index (χ1n) is 7.42. The second kappa shape index (κ2) is 6.02. The van der Waals surface area contributed by atoms with Gasteiger partial charge in [0.25, 0.3) is 5.91 Å². The summed E-state index contributed by atoms with van der Waals surface area (Å²) in [6.45, 7) is 9.61. The zero-order valence-electron chi connectivity index (χ0n) is 13.2. The van der Waals surface area contributed by atoms with E-state index >= 15 is 0 Å². The molecule has 2 unspecified atom stereocenters. The van der Waals surface area contributed by atoms with Crippen molar-refractivity contribution < 1.29 is 9.59 Å². The number of carbonyl (C=O) groups excluding carboxylic acids is 2. The number of amides is 2. The molecule has 2 amide bonds. The standard InChI is InChI=1S/C15H26N2O3/c1-6-10(7-2)16-12(18)11-8-9-15(5,13(19)17-20)14(11,3)4/h10-11H,6-9H2,1-5H3,(H,16,18). The van der Waals surface area contributed by atoms with Gasteiger partial charge in [-0.15, -0.1) is 4.91 Å². The molecule has 1 saturated carbocycles. The summed E-state index contributed by atoms with van der Waals surface area (Å²) in [4.78, 5) is 34.9. The van der Waals surface area contributed by atoms with Crippen LogP contribution in [0.1, 0.15) is 60.3 Å². The summed E-state index contributed by atoms with van der Waals surface area (Å²) in [5.74, 6) is -0.898. The van der Waals surface area contributed by atoms with Crippen molar-refractivity contribution in [2.45, 2.75) is 66.3 Å². The average molecular weight is 282 g/mol. The third-order valence-corrected chi connectivity index (χ3v) is 5.43. The van der Waals surface area contributed by atoms with Gasteiger partial charge in [0.15, 0.2) is 0 Å². The van der Waals surface area contributed by atoms with E-state index in [1.54, 1.807) is 6.92 Å². The molecular weight excluding hydrogens is 256 g/mol. The molecule has 0 heterocycles. The van der Waals surface area contributed by atoms with Crippen LogP contribution in [-0.4, -0.2) is 17.9 Å². The second-order valence-corrected chi connectivity index (χ2v) is 6.56. The van der Waals surface area contributed by atoms with Gasteiger partial charge in [0.05, 0.1) is 5.41 Å². The fourth-order valence-corrected chi connectivity index (χ4v) is 3.24. The van der Waals surface area contributed by atoms with Crippen LogP contribution in [0.25, 0.3) is 0 Å². The minimum atomic E-state index is -0.843. The van der Waals surface area contributed by atoms with E-state index in [-0.39, 0.29) is 17.9 Å². The lowest BCUT2D eigenvalue weighted by molar-refractivity contribution is -0.136. The largest absolute Gasteiger partial charge is 0.353 e. The summed E-state index contributed by atoms with van der Waals surface area (Å²) in [7, 11) is 0. The molecule has 5 nitrogen and oxygen atoms in total. The predicted octanol–water partition coefficient (Wildman–Crippen LogP) is 3.03. The van der Waals surface area contributed by atoms with E-state index in [1.165, 1.54) is 0 Å². The Kier molecular flexibility index (Phi) is 5.05. The molecule has 20 heavy (non-hydrogen) atoms. The van der Waals surface area contributed by atoms with E-state index in [2.05, 4.69) is 10.5 Å². The highest BCUT2D eigenvalue weighted by Crippen LogP contribution is 2.56. The summed E-state index contributed by atoms with van der Waals surface area (Å²) in [6, 6.07) is 0.171. The first kappa shape index (κ1) is 16.8. The van der Waals surface area contributed by atoms with Crippen molar-refractivity contribution in [2.75, 3.05) is 0 Å². The van der Waals surface area contributed by atoms with Gasteiger partial charge in [-0.25, -0.2) is 0 Å². The fraction of sp³-hybridized carbons (Fsp3) is 0.867. The predicted molar refractivity (Wildman–Crippen MR) is 77.9 cm³/mol. The molecule has 0 aliphatic heterocycles. The molecular formula is C15H26N2O3. The zero-order chi connectivity index (χ0) is 15.6. The van der Waals surface area contributed by atoms with E-state index in [4.69, 9.17) is 0 Å². The van der Waals surface area contributed by atoms with Gasteiger partial charge in [-0.1, -0.05) is 34.6 Å². The molecule has 1 rings (SSSR count). The highest BCUT2D eigenvalue weighted by Gasteiger charge is 2.58. The normalized spacial score (nSPS) is 28.4. The molecule has 0 aromatic heterocycles. The molecule has 0 spiro atoms. The van der Waals surface area contributed by atoms with Gasteiger partial charge in [-0.05, 0) is 31.1 Å². The van der Waals surface area contributed by atoms with Crippen LogP contribution in [0, 0.1) is 21.7 Å². The van der Waals surface area contributed by atoms with Crippen molar-refractivity contribution in [3.05, 3.63) is 4.91 Å². The van der Waals surface area contributed by atoms with Gasteiger partial charge in [0.2, 0.25) is 5.91 Å². The molecule has 0 saturated heterocycles. The van der Waals surface area contributed by atoms with Crippen LogP contribution in [0.3, 0.4) is 0 Å².